The Bertz CT molecular complexity index is 979. The Hall–Kier alpha value is -2.80. The fourth-order valence-electron chi connectivity index (χ4n) is 2.29. The molecule has 0 unspecified atom stereocenters. The molecule has 0 atom stereocenters. The van der Waals surface area contributed by atoms with Crippen LogP contribution in [0.4, 0.5) is 20.4 Å². The van der Waals surface area contributed by atoms with Crippen LogP contribution >= 0.6 is 11.3 Å². The maximum Gasteiger partial charge on any atom is 0.205 e. The summed E-state index contributed by atoms with van der Waals surface area (Å²) in [5, 5.41) is 5.58. The summed E-state index contributed by atoms with van der Waals surface area (Å²) in [4.78, 5) is 11.7. The van der Waals surface area contributed by atoms with Crippen molar-refractivity contribution in [3.8, 4) is 10.6 Å². The number of fused-ring (bicyclic) bond motifs is 1. The Kier molecular flexibility index (Phi) is 3.27. The Morgan fingerprint density at radius 2 is 2.00 bits per heavy atom. The molecule has 23 heavy (non-hydrogen) atoms. The molecule has 2 aromatic carbocycles. The minimum absolute atomic E-state index is 0.0317. The third-order valence-corrected chi connectivity index (χ3v) is 4.16. The van der Waals surface area contributed by atoms with Crippen LogP contribution in [0.1, 0.15) is 0 Å². The first-order valence-corrected chi connectivity index (χ1v) is 7.69. The highest BCUT2D eigenvalue weighted by molar-refractivity contribution is 7.13. The van der Waals surface area contributed by atoms with E-state index in [0.29, 0.717) is 5.95 Å². The van der Waals surface area contributed by atoms with Gasteiger partial charge in [-0.3, -0.25) is 0 Å². The van der Waals surface area contributed by atoms with Crippen LogP contribution in [0.15, 0.2) is 48.0 Å². The molecular formula is C16H10F2N4S. The van der Waals surface area contributed by atoms with E-state index < -0.39 is 11.6 Å². The zero-order valence-electron chi connectivity index (χ0n) is 11.7. The van der Waals surface area contributed by atoms with Gasteiger partial charge in [-0.2, -0.15) is 0 Å². The maximum absolute atomic E-state index is 13.7. The number of nitrogens with zero attached hydrogens (tertiary/aromatic N) is 2. The van der Waals surface area contributed by atoms with Gasteiger partial charge in [0.1, 0.15) is 16.6 Å². The number of halogens is 2. The highest BCUT2D eigenvalue weighted by Crippen LogP contribution is 2.27. The number of hydrogen-bond donors (Lipinski definition) is 2. The first kappa shape index (κ1) is 13.8. The van der Waals surface area contributed by atoms with Crippen molar-refractivity contribution in [2.75, 3.05) is 5.32 Å². The molecule has 2 aromatic heterocycles. The molecule has 0 aliphatic rings. The van der Waals surface area contributed by atoms with Crippen LogP contribution < -0.4 is 5.32 Å². The third-order valence-electron chi connectivity index (χ3n) is 3.34. The predicted molar refractivity (Wildman–Crippen MR) is 86.8 cm³/mol. The minimum Gasteiger partial charge on any atom is -0.324 e. The highest BCUT2D eigenvalue weighted by Gasteiger charge is 2.09. The number of H-pyrrole nitrogens is 1. The van der Waals surface area contributed by atoms with Crippen molar-refractivity contribution in [3.63, 3.8) is 0 Å². The molecule has 0 amide bonds. The van der Waals surface area contributed by atoms with E-state index in [-0.39, 0.29) is 5.69 Å². The number of benzene rings is 2. The number of imidazole rings is 1. The lowest BCUT2D eigenvalue weighted by atomic mass is 10.2. The van der Waals surface area contributed by atoms with Gasteiger partial charge in [0.15, 0.2) is 0 Å². The van der Waals surface area contributed by atoms with Crippen LogP contribution in [0.25, 0.3) is 21.6 Å². The summed E-state index contributed by atoms with van der Waals surface area (Å²) in [6.07, 6.45) is 1.75. The van der Waals surface area contributed by atoms with Gasteiger partial charge in [-0.1, -0.05) is 0 Å². The van der Waals surface area contributed by atoms with E-state index in [1.165, 1.54) is 0 Å². The van der Waals surface area contributed by atoms with Crippen molar-refractivity contribution >= 4 is 34.0 Å². The van der Waals surface area contributed by atoms with Gasteiger partial charge in [0, 0.05) is 23.2 Å². The van der Waals surface area contributed by atoms with E-state index >= 15 is 0 Å². The molecule has 0 spiro atoms. The largest absolute Gasteiger partial charge is 0.324 e. The first-order chi connectivity index (χ1) is 11.2. The van der Waals surface area contributed by atoms with E-state index in [2.05, 4.69) is 20.3 Å². The standard InChI is InChI=1S/C16H10F2N4S/c17-10-2-3-11(18)13(8-10)21-16-20-12-4-1-9(7-14(12)22-16)15-19-5-6-23-15/h1-8H,(H2,20,21,22). The van der Waals surface area contributed by atoms with Crippen molar-refractivity contribution in [2.45, 2.75) is 0 Å². The van der Waals surface area contributed by atoms with Crippen molar-refractivity contribution in [2.24, 2.45) is 0 Å². The predicted octanol–water partition coefficient (Wildman–Crippen LogP) is 4.71. The molecule has 2 N–H and O–H groups in total. The second-order valence-corrected chi connectivity index (χ2v) is 5.80. The molecule has 0 aliphatic heterocycles. The Labute approximate surface area is 133 Å². The van der Waals surface area contributed by atoms with Gasteiger partial charge in [-0.25, -0.2) is 18.7 Å². The molecule has 4 nitrogen and oxygen atoms in total. The lowest BCUT2D eigenvalue weighted by Crippen LogP contribution is -1.96. The quantitative estimate of drug-likeness (QED) is 0.573. The van der Waals surface area contributed by atoms with Gasteiger partial charge in [0.2, 0.25) is 5.95 Å². The normalized spacial score (nSPS) is 11.0. The number of aromatic nitrogens is 3. The summed E-state index contributed by atoms with van der Waals surface area (Å²) in [6, 6.07) is 8.93. The van der Waals surface area contributed by atoms with E-state index in [1.807, 2.05) is 23.6 Å². The highest BCUT2D eigenvalue weighted by atomic mass is 32.1. The molecule has 7 heteroatoms. The summed E-state index contributed by atoms with van der Waals surface area (Å²) in [7, 11) is 0. The van der Waals surface area contributed by atoms with Crippen LogP contribution in [0.2, 0.25) is 0 Å². The molecule has 114 valence electrons. The van der Waals surface area contributed by atoms with Crippen LogP contribution in [0, 0.1) is 11.6 Å². The molecule has 0 saturated heterocycles. The van der Waals surface area contributed by atoms with Gasteiger partial charge >= 0.3 is 0 Å². The number of anilines is 2. The van der Waals surface area contributed by atoms with E-state index in [1.54, 1.807) is 17.5 Å². The third kappa shape index (κ3) is 2.66. The summed E-state index contributed by atoms with van der Waals surface area (Å²) in [5.74, 6) is -0.716. The number of aromatic amines is 1. The second kappa shape index (κ2) is 5.44. The molecule has 2 heterocycles. The van der Waals surface area contributed by atoms with E-state index in [4.69, 9.17) is 0 Å². The van der Waals surface area contributed by atoms with E-state index in [9.17, 15) is 8.78 Å². The Balaban J connectivity index is 1.70. The van der Waals surface area contributed by atoms with Gasteiger partial charge in [-0.05, 0) is 30.3 Å². The van der Waals surface area contributed by atoms with E-state index in [0.717, 1.165) is 39.8 Å². The Morgan fingerprint density at radius 3 is 2.83 bits per heavy atom. The van der Waals surface area contributed by atoms with Crippen LogP contribution in [-0.4, -0.2) is 15.0 Å². The van der Waals surface area contributed by atoms with Crippen molar-refractivity contribution in [1.82, 2.24) is 15.0 Å². The summed E-state index contributed by atoms with van der Waals surface area (Å²) in [6.45, 7) is 0. The molecule has 0 bridgehead atoms. The second-order valence-electron chi connectivity index (χ2n) is 4.90. The lowest BCUT2D eigenvalue weighted by molar-refractivity contribution is 0.603. The molecule has 4 rings (SSSR count). The topological polar surface area (TPSA) is 53.6 Å². The maximum atomic E-state index is 13.7. The van der Waals surface area contributed by atoms with Crippen LogP contribution in [0.5, 0.6) is 0 Å². The smallest absolute Gasteiger partial charge is 0.205 e. The molecule has 0 saturated carbocycles. The fourth-order valence-corrected chi connectivity index (χ4v) is 2.92. The monoisotopic (exact) mass is 328 g/mol. The lowest BCUT2D eigenvalue weighted by Gasteiger charge is -2.03. The number of thiazole rings is 1. The molecule has 4 aromatic rings. The van der Waals surface area contributed by atoms with Crippen LogP contribution in [0.3, 0.4) is 0 Å². The van der Waals surface area contributed by atoms with Gasteiger partial charge in [0.25, 0.3) is 0 Å². The SMILES string of the molecule is Fc1ccc(F)c(Nc2nc3ccc(-c4nccs4)cc3[nH]2)c1. The summed E-state index contributed by atoms with van der Waals surface area (Å²) in [5.41, 5.74) is 2.52. The summed E-state index contributed by atoms with van der Waals surface area (Å²) >= 11 is 1.55. The number of hydrogen-bond acceptors (Lipinski definition) is 4. The minimum atomic E-state index is -0.546. The van der Waals surface area contributed by atoms with Crippen molar-refractivity contribution < 1.29 is 8.78 Å². The first-order valence-electron chi connectivity index (χ1n) is 6.81. The molecule has 0 aliphatic carbocycles. The Morgan fingerprint density at radius 1 is 1.09 bits per heavy atom. The molecule has 0 fully saturated rings. The van der Waals surface area contributed by atoms with Gasteiger partial charge in [-0.15, -0.1) is 11.3 Å². The number of nitrogens with one attached hydrogen (secondary N) is 2. The molecular weight excluding hydrogens is 318 g/mol. The van der Waals surface area contributed by atoms with Crippen LogP contribution in [-0.2, 0) is 0 Å². The zero-order chi connectivity index (χ0) is 15.8. The average molecular weight is 328 g/mol. The molecule has 0 radical (unpaired) electrons. The summed E-state index contributed by atoms with van der Waals surface area (Å²) < 4.78 is 26.9. The average Bonchev–Trinajstić information content (AvgIpc) is 3.19. The van der Waals surface area contributed by atoms with Crippen molar-refractivity contribution in [1.29, 1.82) is 0 Å². The van der Waals surface area contributed by atoms with Gasteiger partial charge < -0.3 is 10.3 Å². The zero-order valence-corrected chi connectivity index (χ0v) is 12.5. The fraction of sp³-hybridized carbons (Fsp3) is 0. The number of rotatable bonds is 3. The van der Waals surface area contributed by atoms with Gasteiger partial charge in [0.05, 0.1) is 16.7 Å². The van der Waals surface area contributed by atoms with Crippen molar-refractivity contribution in [3.05, 3.63) is 59.6 Å².